The molecule has 0 atom stereocenters. The largest absolute Gasteiger partial charge is 0.356 e. The summed E-state index contributed by atoms with van der Waals surface area (Å²) in [5, 5.41) is 6.33. The monoisotopic (exact) mass is 368 g/mol. The van der Waals surface area contributed by atoms with Crippen LogP contribution in [-0.4, -0.2) is 20.1 Å². The molecule has 0 unspecified atom stereocenters. The lowest BCUT2D eigenvalue weighted by Gasteiger charge is -2.02. The fourth-order valence-electron chi connectivity index (χ4n) is 1.98. The maximum absolute atomic E-state index is 12.0. The Hall–Kier alpha value is -1.67. The van der Waals surface area contributed by atoms with Crippen molar-refractivity contribution in [3.05, 3.63) is 58.6 Å². The van der Waals surface area contributed by atoms with Gasteiger partial charge in [-0.25, -0.2) is 13.1 Å². The van der Waals surface area contributed by atoms with Gasteiger partial charge in [0.2, 0.25) is 10.0 Å². The van der Waals surface area contributed by atoms with Gasteiger partial charge in [0, 0.05) is 29.6 Å². The summed E-state index contributed by atoms with van der Waals surface area (Å²) in [4.78, 5) is 0. The number of hydrogen-bond donors (Lipinski definition) is 1. The number of sulfonamides is 1. The highest BCUT2D eigenvalue weighted by Gasteiger charge is 2.14. The van der Waals surface area contributed by atoms with Gasteiger partial charge in [-0.3, -0.25) is 0 Å². The quantitative estimate of drug-likeness (QED) is 0.721. The lowest BCUT2D eigenvalue weighted by molar-refractivity contribution is 0.423. The van der Waals surface area contributed by atoms with E-state index in [4.69, 9.17) is 16.1 Å². The van der Waals surface area contributed by atoms with Gasteiger partial charge in [-0.2, -0.15) is 0 Å². The number of nitrogens with one attached hydrogen (secondary N) is 1. The molecule has 0 radical (unpaired) electrons. The van der Waals surface area contributed by atoms with Crippen LogP contribution in [0.15, 0.2) is 56.6 Å². The number of rotatable bonds is 6. The number of benzene rings is 1. The molecule has 0 amide bonds. The van der Waals surface area contributed by atoms with Gasteiger partial charge >= 0.3 is 0 Å². The molecule has 0 bridgehead atoms. The average Bonchev–Trinajstić information content (AvgIpc) is 3.19. The van der Waals surface area contributed by atoms with Crippen LogP contribution in [0, 0.1) is 0 Å². The molecule has 5 nitrogen and oxygen atoms in total. The van der Waals surface area contributed by atoms with Crippen molar-refractivity contribution in [2.75, 3.05) is 6.54 Å². The first kappa shape index (κ1) is 16.2. The van der Waals surface area contributed by atoms with Gasteiger partial charge in [0.15, 0.2) is 5.76 Å². The Kier molecular flexibility index (Phi) is 4.82. The van der Waals surface area contributed by atoms with E-state index < -0.39 is 10.0 Å². The molecule has 8 heteroatoms. The second-order valence-corrected chi connectivity index (χ2v) is 8.15. The van der Waals surface area contributed by atoms with Crippen LogP contribution in [0.2, 0.25) is 5.02 Å². The molecule has 0 aliphatic carbocycles. The minimum atomic E-state index is -3.44. The maximum Gasteiger partial charge on any atom is 0.250 e. The fourth-order valence-corrected chi connectivity index (χ4v) is 4.18. The highest BCUT2D eigenvalue weighted by Crippen LogP contribution is 2.22. The van der Waals surface area contributed by atoms with Crippen molar-refractivity contribution in [1.82, 2.24) is 9.88 Å². The van der Waals surface area contributed by atoms with Crippen molar-refractivity contribution in [1.29, 1.82) is 0 Å². The van der Waals surface area contributed by atoms with Gasteiger partial charge in [0.05, 0.1) is 5.69 Å². The van der Waals surface area contributed by atoms with E-state index in [1.807, 2.05) is 12.1 Å². The van der Waals surface area contributed by atoms with Gasteiger partial charge in [-0.15, -0.1) is 11.3 Å². The number of aromatic nitrogens is 1. The molecule has 120 valence electrons. The molecular weight excluding hydrogens is 356 g/mol. The maximum atomic E-state index is 12.0. The number of hydrogen-bond acceptors (Lipinski definition) is 5. The van der Waals surface area contributed by atoms with Gasteiger partial charge in [-0.1, -0.05) is 22.8 Å². The van der Waals surface area contributed by atoms with Gasteiger partial charge in [0.25, 0.3) is 0 Å². The summed E-state index contributed by atoms with van der Waals surface area (Å²) < 4.78 is 32.1. The Morgan fingerprint density at radius 1 is 1.22 bits per heavy atom. The molecule has 0 fully saturated rings. The lowest BCUT2D eigenvalue weighted by Crippen LogP contribution is -2.25. The molecule has 0 spiro atoms. The number of nitrogens with zero attached hydrogens (tertiary/aromatic N) is 1. The van der Waals surface area contributed by atoms with Crippen molar-refractivity contribution in [3.63, 3.8) is 0 Å². The van der Waals surface area contributed by atoms with Crippen molar-refractivity contribution in [2.24, 2.45) is 0 Å². The van der Waals surface area contributed by atoms with E-state index in [1.54, 1.807) is 35.7 Å². The average molecular weight is 369 g/mol. The van der Waals surface area contributed by atoms with Crippen LogP contribution in [0.4, 0.5) is 0 Å². The normalized spacial score (nSPS) is 11.7. The van der Waals surface area contributed by atoms with Crippen LogP contribution in [0.5, 0.6) is 0 Å². The van der Waals surface area contributed by atoms with E-state index in [0.717, 1.165) is 5.56 Å². The molecule has 0 aliphatic rings. The minimum Gasteiger partial charge on any atom is -0.356 e. The summed E-state index contributed by atoms with van der Waals surface area (Å²) in [7, 11) is -3.44. The third kappa shape index (κ3) is 4.00. The Bertz CT molecular complexity index is 872. The predicted octanol–water partition coefficient (Wildman–Crippen LogP) is 3.58. The van der Waals surface area contributed by atoms with Crippen LogP contribution < -0.4 is 4.72 Å². The van der Waals surface area contributed by atoms with E-state index in [1.165, 1.54) is 11.3 Å². The smallest absolute Gasteiger partial charge is 0.250 e. The second kappa shape index (κ2) is 6.84. The third-order valence-electron chi connectivity index (χ3n) is 3.12. The zero-order chi connectivity index (χ0) is 16.3. The summed E-state index contributed by atoms with van der Waals surface area (Å²) in [6, 6.07) is 12.3. The third-order valence-corrected chi connectivity index (χ3v) is 6.23. The van der Waals surface area contributed by atoms with E-state index in [0.29, 0.717) is 27.1 Å². The minimum absolute atomic E-state index is 0.257. The van der Waals surface area contributed by atoms with E-state index in [2.05, 4.69) is 9.88 Å². The molecule has 23 heavy (non-hydrogen) atoms. The molecule has 3 aromatic rings. The first-order chi connectivity index (χ1) is 11.0. The van der Waals surface area contributed by atoms with E-state index in [9.17, 15) is 8.42 Å². The zero-order valence-corrected chi connectivity index (χ0v) is 14.3. The van der Waals surface area contributed by atoms with E-state index >= 15 is 0 Å². The Morgan fingerprint density at radius 3 is 2.70 bits per heavy atom. The summed E-state index contributed by atoms with van der Waals surface area (Å²) in [6.07, 6.45) is 0.446. The highest BCUT2D eigenvalue weighted by molar-refractivity contribution is 7.91. The highest BCUT2D eigenvalue weighted by atomic mass is 35.5. The summed E-state index contributed by atoms with van der Waals surface area (Å²) in [5.41, 5.74) is 1.55. The molecular formula is C15H13ClN2O3S2. The van der Waals surface area contributed by atoms with Crippen molar-refractivity contribution < 1.29 is 12.9 Å². The van der Waals surface area contributed by atoms with Gasteiger partial charge in [0.1, 0.15) is 4.21 Å². The Labute approximate surface area is 142 Å². The summed E-state index contributed by atoms with van der Waals surface area (Å²) in [5.74, 6) is 0.623. The molecule has 3 rings (SSSR count). The molecule has 2 heterocycles. The van der Waals surface area contributed by atoms with Crippen LogP contribution >= 0.6 is 22.9 Å². The first-order valence-corrected chi connectivity index (χ1v) is 9.53. The molecule has 0 aliphatic heterocycles. The van der Waals surface area contributed by atoms with Crippen LogP contribution in [0.3, 0.4) is 0 Å². The lowest BCUT2D eigenvalue weighted by atomic mass is 10.1. The molecule has 0 saturated carbocycles. The first-order valence-electron chi connectivity index (χ1n) is 6.79. The Morgan fingerprint density at radius 2 is 2.00 bits per heavy atom. The standard InChI is InChI=1S/C15H13ClN2O3S2/c16-12-5-3-11(4-6-12)14-10-13(18-21-14)7-8-17-23(19,20)15-2-1-9-22-15/h1-6,9-10,17H,7-8H2. The summed E-state index contributed by atoms with van der Waals surface area (Å²) >= 11 is 7.03. The van der Waals surface area contributed by atoms with Crippen molar-refractivity contribution in [2.45, 2.75) is 10.6 Å². The van der Waals surface area contributed by atoms with Crippen molar-refractivity contribution >= 4 is 33.0 Å². The Balaban J connectivity index is 1.61. The number of thiophene rings is 1. The number of halogens is 1. The van der Waals surface area contributed by atoms with E-state index in [-0.39, 0.29) is 6.54 Å². The molecule has 0 saturated heterocycles. The van der Waals surface area contributed by atoms with Gasteiger partial charge < -0.3 is 4.52 Å². The van der Waals surface area contributed by atoms with Gasteiger partial charge in [-0.05, 0) is 35.7 Å². The fraction of sp³-hybridized carbons (Fsp3) is 0.133. The topological polar surface area (TPSA) is 72.2 Å². The van der Waals surface area contributed by atoms with Crippen LogP contribution in [0.25, 0.3) is 11.3 Å². The van der Waals surface area contributed by atoms with Crippen LogP contribution in [0.1, 0.15) is 5.69 Å². The van der Waals surface area contributed by atoms with Crippen LogP contribution in [-0.2, 0) is 16.4 Å². The predicted molar refractivity (Wildman–Crippen MR) is 90.2 cm³/mol. The van der Waals surface area contributed by atoms with Crippen molar-refractivity contribution in [3.8, 4) is 11.3 Å². The summed E-state index contributed by atoms with van der Waals surface area (Å²) in [6.45, 7) is 0.257. The SMILES string of the molecule is O=S(=O)(NCCc1cc(-c2ccc(Cl)cc2)on1)c1cccs1. The zero-order valence-electron chi connectivity index (χ0n) is 11.9. The second-order valence-electron chi connectivity index (χ2n) is 4.77. The molecule has 2 aromatic heterocycles. The molecule has 1 N–H and O–H groups in total. The molecule has 1 aromatic carbocycles.